The maximum Gasteiger partial charge on any atom is 0.339 e. The zero-order valence-electron chi connectivity index (χ0n) is 7.75. The molecular weight excluding hydrogens is 296 g/mol. The number of aromatic carboxylic acids is 1. The highest BCUT2D eigenvalue weighted by atomic mass is 79.9. The molecule has 1 aromatic carbocycles. The van der Waals surface area contributed by atoms with Gasteiger partial charge in [-0.15, -0.1) is 5.10 Å². The number of carboxylic acids is 1. The van der Waals surface area contributed by atoms with Crippen LogP contribution in [0.1, 0.15) is 10.4 Å². The Bertz CT molecular complexity index is 515. The number of benzene rings is 1. The third-order valence-electron chi connectivity index (χ3n) is 1.71. The molecular formula is C9H5BrN2O3S. The number of nitrogens with zero attached hydrogens (tertiary/aromatic N) is 2. The Kier molecular flexibility index (Phi) is 3.16. The van der Waals surface area contributed by atoms with Gasteiger partial charge in [-0.05, 0) is 18.2 Å². The predicted molar refractivity (Wildman–Crippen MR) is 61.1 cm³/mol. The van der Waals surface area contributed by atoms with Gasteiger partial charge in [0, 0.05) is 4.47 Å². The van der Waals surface area contributed by atoms with Crippen LogP contribution in [0.3, 0.4) is 0 Å². The molecule has 16 heavy (non-hydrogen) atoms. The number of carboxylic acid groups (broad SMARTS) is 1. The number of hydrogen-bond donors (Lipinski definition) is 1. The first kappa shape index (κ1) is 11.0. The lowest BCUT2D eigenvalue weighted by Gasteiger charge is -2.05. The lowest BCUT2D eigenvalue weighted by atomic mass is 10.2. The molecule has 82 valence electrons. The van der Waals surface area contributed by atoms with E-state index in [2.05, 4.69) is 26.1 Å². The van der Waals surface area contributed by atoms with Crippen LogP contribution in [0, 0.1) is 0 Å². The molecule has 0 aliphatic heterocycles. The minimum absolute atomic E-state index is 0.0819. The molecule has 1 N–H and O–H groups in total. The summed E-state index contributed by atoms with van der Waals surface area (Å²) in [5, 5.41) is 16.5. The van der Waals surface area contributed by atoms with Gasteiger partial charge in [0.25, 0.3) is 5.19 Å². The fourth-order valence-electron chi connectivity index (χ4n) is 1.06. The fraction of sp³-hybridized carbons (Fsp3) is 0. The van der Waals surface area contributed by atoms with Crippen LogP contribution in [0.4, 0.5) is 0 Å². The van der Waals surface area contributed by atoms with Crippen molar-refractivity contribution in [3.05, 3.63) is 33.7 Å². The van der Waals surface area contributed by atoms with Crippen molar-refractivity contribution in [2.45, 2.75) is 0 Å². The summed E-state index contributed by atoms with van der Waals surface area (Å²) in [5.74, 6) is -0.814. The smallest absolute Gasteiger partial charge is 0.339 e. The van der Waals surface area contributed by atoms with Crippen LogP contribution >= 0.6 is 27.3 Å². The van der Waals surface area contributed by atoms with Gasteiger partial charge in [0.2, 0.25) is 0 Å². The Balaban J connectivity index is 2.38. The van der Waals surface area contributed by atoms with E-state index in [1.165, 1.54) is 22.9 Å². The lowest BCUT2D eigenvalue weighted by molar-refractivity contribution is 0.0694. The Morgan fingerprint density at radius 3 is 2.94 bits per heavy atom. The molecule has 2 aromatic rings. The van der Waals surface area contributed by atoms with Crippen molar-refractivity contribution in [1.82, 2.24) is 10.2 Å². The molecule has 0 saturated heterocycles. The topological polar surface area (TPSA) is 72.3 Å². The minimum Gasteiger partial charge on any atom is -0.478 e. The largest absolute Gasteiger partial charge is 0.478 e. The molecule has 0 aliphatic carbocycles. The minimum atomic E-state index is -1.05. The van der Waals surface area contributed by atoms with E-state index in [9.17, 15) is 4.79 Å². The highest BCUT2D eigenvalue weighted by Crippen LogP contribution is 2.29. The van der Waals surface area contributed by atoms with E-state index in [4.69, 9.17) is 9.84 Å². The number of halogens is 1. The summed E-state index contributed by atoms with van der Waals surface area (Å²) < 4.78 is 6.06. The summed E-state index contributed by atoms with van der Waals surface area (Å²) in [6.07, 6.45) is 0. The van der Waals surface area contributed by atoms with E-state index in [0.717, 1.165) is 4.47 Å². The molecule has 0 aliphatic rings. The molecule has 0 bridgehead atoms. The van der Waals surface area contributed by atoms with E-state index in [1.54, 1.807) is 12.1 Å². The van der Waals surface area contributed by atoms with Crippen LogP contribution in [-0.2, 0) is 0 Å². The molecule has 7 heteroatoms. The third kappa shape index (κ3) is 2.37. The van der Waals surface area contributed by atoms with Crippen LogP contribution in [-0.4, -0.2) is 21.3 Å². The maximum atomic E-state index is 10.9. The SMILES string of the molecule is O=C(O)c1ccc(Br)cc1Oc1nncs1. The van der Waals surface area contributed by atoms with E-state index in [-0.39, 0.29) is 11.3 Å². The molecule has 0 saturated carbocycles. The molecule has 1 heterocycles. The average molecular weight is 301 g/mol. The Morgan fingerprint density at radius 2 is 2.31 bits per heavy atom. The first-order valence-corrected chi connectivity index (χ1v) is 5.81. The van der Waals surface area contributed by atoms with Crippen molar-refractivity contribution < 1.29 is 14.6 Å². The summed E-state index contributed by atoms with van der Waals surface area (Å²) in [7, 11) is 0. The molecule has 0 unspecified atom stereocenters. The predicted octanol–water partition coefficient (Wildman–Crippen LogP) is 2.79. The van der Waals surface area contributed by atoms with Gasteiger partial charge in [-0.1, -0.05) is 32.4 Å². The summed E-state index contributed by atoms with van der Waals surface area (Å²) >= 11 is 4.44. The summed E-state index contributed by atoms with van der Waals surface area (Å²) in [6.45, 7) is 0. The quantitative estimate of drug-likeness (QED) is 0.943. The van der Waals surface area contributed by atoms with Gasteiger partial charge < -0.3 is 9.84 Å². The van der Waals surface area contributed by atoms with Crippen LogP contribution in [0.2, 0.25) is 0 Å². The van der Waals surface area contributed by atoms with Crippen molar-refractivity contribution in [1.29, 1.82) is 0 Å². The van der Waals surface area contributed by atoms with Gasteiger partial charge >= 0.3 is 5.97 Å². The van der Waals surface area contributed by atoms with Crippen LogP contribution in [0.25, 0.3) is 0 Å². The number of ether oxygens (including phenoxy) is 1. The lowest BCUT2D eigenvalue weighted by Crippen LogP contribution is -1.99. The summed E-state index contributed by atoms with van der Waals surface area (Å²) in [6, 6.07) is 4.67. The van der Waals surface area contributed by atoms with Crippen LogP contribution in [0.5, 0.6) is 10.9 Å². The zero-order chi connectivity index (χ0) is 11.5. The van der Waals surface area contributed by atoms with Crippen molar-refractivity contribution in [2.75, 3.05) is 0 Å². The van der Waals surface area contributed by atoms with E-state index < -0.39 is 5.97 Å². The van der Waals surface area contributed by atoms with Gasteiger partial charge in [-0.2, -0.15) is 0 Å². The summed E-state index contributed by atoms with van der Waals surface area (Å²) in [5.41, 5.74) is 1.59. The Morgan fingerprint density at radius 1 is 1.50 bits per heavy atom. The highest BCUT2D eigenvalue weighted by molar-refractivity contribution is 9.10. The van der Waals surface area contributed by atoms with Gasteiger partial charge in [0.15, 0.2) is 0 Å². The number of hydrogen-bond acceptors (Lipinski definition) is 5. The van der Waals surface area contributed by atoms with Gasteiger partial charge in [-0.25, -0.2) is 4.79 Å². The summed E-state index contributed by atoms with van der Waals surface area (Å²) in [4.78, 5) is 10.9. The number of rotatable bonds is 3. The van der Waals surface area contributed by atoms with Crippen molar-refractivity contribution in [3.8, 4) is 10.9 Å². The number of carbonyl (C=O) groups is 1. The average Bonchev–Trinajstić information content (AvgIpc) is 2.70. The van der Waals surface area contributed by atoms with Gasteiger partial charge in [-0.3, -0.25) is 0 Å². The van der Waals surface area contributed by atoms with E-state index in [0.29, 0.717) is 5.19 Å². The molecule has 0 spiro atoms. The van der Waals surface area contributed by atoms with Crippen LogP contribution < -0.4 is 4.74 Å². The van der Waals surface area contributed by atoms with E-state index in [1.807, 2.05) is 0 Å². The molecule has 1 aromatic heterocycles. The normalized spacial score (nSPS) is 10.1. The van der Waals surface area contributed by atoms with Gasteiger partial charge in [0.05, 0.1) is 0 Å². The maximum absolute atomic E-state index is 10.9. The molecule has 0 amide bonds. The Hall–Kier alpha value is -1.47. The second-order valence-corrected chi connectivity index (χ2v) is 4.46. The van der Waals surface area contributed by atoms with Crippen molar-refractivity contribution in [2.24, 2.45) is 0 Å². The first-order valence-electron chi connectivity index (χ1n) is 4.13. The molecule has 5 nitrogen and oxygen atoms in total. The van der Waals surface area contributed by atoms with Gasteiger partial charge in [0.1, 0.15) is 16.8 Å². The first-order chi connectivity index (χ1) is 7.66. The second-order valence-electron chi connectivity index (χ2n) is 2.75. The highest BCUT2D eigenvalue weighted by Gasteiger charge is 2.13. The standard InChI is InChI=1S/C9H5BrN2O3S/c10-5-1-2-6(8(13)14)7(3-5)15-9-12-11-4-16-9/h1-4H,(H,13,14). The fourth-order valence-corrected chi connectivity index (χ4v) is 1.82. The second kappa shape index (κ2) is 4.58. The molecule has 0 radical (unpaired) electrons. The van der Waals surface area contributed by atoms with Crippen LogP contribution in [0.15, 0.2) is 28.2 Å². The third-order valence-corrected chi connectivity index (χ3v) is 2.77. The molecule has 0 fully saturated rings. The van der Waals surface area contributed by atoms with Crippen molar-refractivity contribution in [3.63, 3.8) is 0 Å². The zero-order valence-corrected chi connectivity index (χ0v) is 10.2. The van der Waals surface area contributed by atoms with E-state index >= 15 is 0 Å². The molecule has 2 rings (SSSR count). The Labute approximate surface area is 103 Å². The monoisotopic (exact) mass is 300 g/mol. The number of aromatic nitrogens is 2. The molecule has 0 atom stereocenters. The van der Waals surface area contributed by atoms with Crippen molar-refractivity contribution >= 4 is 33.2 Å².